The van der Waals surface area contributed by atoms with E-state index in [1.54, 1.807) is 31.2 Å². The average molecular weight is 354 g/mol. The van der Waals surface area contributed by atoms with Crippen LogP contribution in [0, 0.1) is 13.8 Å². The minimum absolute atomic E-state index is 0.138. The Morgan fingerprint density at radius 2 is 1.83 bits per heavy atom. The van der Waals surface area contributed by atoms with Crippen molar-refractivity contribution in [3.63, 3.8) is 0 Å². The molecule has 23 heavy (non-hydrogen) atoms. The molecule has 4 nitrogen and oxygen atoms in total. The number of halogens is 1. The molecule has 0 aliphatic carbocycles. The molecule has 0 aromatic heterocycles. The minimum Gasteiger partial charge on any atom is -0.494 e. The van der Waals surface area contributed by atoms with Gasteiger partial charge in [0.1, 0.15) is 5.75 Å². The highest BCUT2D eigenvalue weighted by atomic mass is 35.5. The summed E-state index contributed by atoms with van der Waals surface area (Å²) in [5, 5.41) is 0.533. The molecule has 0 aliphatic heterocycles. The molecular weight excluding hydrogens is 334 g/mol. The lowest BCUT2D eigenvalue weighted by Gasteiger charge is -2.14. The van der Waals surface area contributed by atoms with Crippen molar-refractivity contribution in [1.29, 1.82) is 0 Å². The van der Waals surface area contributed by atoms with Crippen LogP contribution in [-0.2, 0) is 16.6 Å². The molecule has 0 radical (unpaired) electrons. The van der Waals surface area contributed by atoms with E-state index >= 15 is 0 Å². The molecule has 0 aliphatic rings. The SMILES string of the molecule is CCOc1cc(S(=O)(=O)NCc2ccccc2Cl)c(C)cc1C. The molecular formula is C17H20ClNO3S. The molecule has 0 fully saturated rings. The molecule has 124 valence electrons. The molecule has 0 spiro atoms. The van der Waals surface area contributed by atoms with Gasteiger partial charge in [0.15, 0.2) is 0 Å². The van der Waals surface area contributed by atoms with Crippen LogP contribution in [0.15, 0.2) is 41.3 Å². The number of sulfonamides is 1. The lowest BCUT2D eigenvalue weighted by atomic mass is 10.1. The first-order valence-electron chi connectivity index (χ1n) is 7.32. The number of hydrogen-bond acceptors (Lipinski definition) is 3. The topological polar surface area (TPSA) is 55.4 Å². The quantitative estimate of drug-likeness (QED) is 0.858. The summed E-state index contributed by atoms with van der Waals surface area (Å²) in [7, 11) is -3.65. The third-order valence-electron chi connectivity index (χ3n) is 3.47. The largest absolute Gasteiger partial charge is 0.494 e. The Balaban J connectivity index is 2.29. The minimum atomic E-state index is -3.65. The molecule has 0 saturated heterocycles. The number of aryl methyl sites for hydroxylation is 2. The van der Waals surface area contributed by atoms with Gasteiger partial charge in [-0.1, -0.05) is 35.9 Å². The van der Waals surface area contributed by atoms with Gasteiger partial charge in [-0.15, -0.1) is 0 Å². The Labute approximate surface area is 142 Å². The molecule has 2 rings (SSSR count). The van der Waals surface area contributed by atoms with Crippen molar-refractivity contribution in [3.05, 3.63) is 58.1 Å². The monoisotopic (exact) mass is 353 g/mol. The zero-order valence-electron chi connectivity index (χ0n) is 13.4. The highest BCUT2D eigenvalue weighted by Crippen LogP contribution is 2.26. The van der Waals surface area contributed by atoms with Gasteiger partial charge in [0.2, 0.25) is 10.0 Å². The molecule has 1 N–H and O–H groups in total. The third-order valence-corrected chi connectivity index (χ3v) is 5.38. The van der Waals surface area contributed by atoms with E-state index in [0.717, 1.165) is 11.1 Å². The first-order chi connectivity index (χ1) is 10.8. The number of benzene rings is 2. The fourth-order valence-electron chi connectivity index (χ4n) is 2.31. The molecule has 2 aromatic carbocycles. The molecule has 0 unspecified atom stereocenters. The fourth-order valence-corrected chi connectivity index (χ4v) is 3.76. The zero-order chi connectivity index (χ0) is 17.0. The van der Waals surface area contributed by atoms with Gasteiger partial charge in [0.25, 0.3) is 0 Å². The Kier molecular flexibility index (Phi) is 5.68. The smallest absolute Gasteiger partial charge is 0.241 e. The van der Waals surface area contributed by atoms with Crippen LogP contribution < -0.4 is 9.46 Å². The molecule has 0 bridgehead atoms. The molecule has 2 aromatic rings. The lowest BCUT2D eigenvalue weighted by Crippen LogP contribution is -2.24. The first-order valence-corrected chi connectivity index (χ1v) is 9.18. The van der Waals surface area contributed by atoms with Crippen molar-refractivity contribution < 1.29 is 13.2 Å². The summed E-state index contributed by atoms with van der Waals surface area (Å²) in [6.07, 6.45) is 0. The van der Waals surface area contributed by atoms with Crippen LogP contribution in [0.2, 0.25) is 5.02 Å². The summed E-state index contributed by atoms with van der Waals surface area (Å²) in [6, 6.07) is 10.5. The third kappa shape index (κ3) is 4.25. The standard InChI is InChI=1S/C17H20ClNO3S/c1-4-22-16-10-17(13(3)9-12(16)2)23(20,21)19-11-14-7-5-6-8-15(14)18/h5-10,19H,4,11H2,1-3H3. The van der Waals surface area contributed by atoms with Crippen LogP contribution in [0.3, 0.4) is 0 Å². The van der Waals surface area contributed by atoms with Crippen LogP contribution in [0.4, 0.5) is 0 Å². The zero-order valence-corrected chi connectivity index (χ0v) is 15.0. The number of nitrogens with one attached hydrogen (secondary N) is 1. The van der Waals surface area contributed by atoms with E-state index in [1.165, 1.54) is 0 Å². The maximum atomic E-state index is 12.6. The maximum absolute atomic E-state index is 12.6. The van der Waals surface area contributed by atoms with E-state index in [9.17, 15) is 8.42 Å². The highest BCUT2D eigenvalue weighted by molar-refractivity contribution is 7.89. The van der Waals surface area contributed by atoms with E-state index in [1.807, 2.05) is 26.0 Å². The molecule has 0 atom stereocenters. The van der Waals surface area contributed by atoms with Crippen molar-refractivity contribution in [2.45, 2.75) is 32.2 Å². The van der Waals surface area contributed by atoms with Crippen LogP contribution in [-0.4, -0.2) is 15.0 Å². The summed E-state index contributed by atoms with van der Waals surface area (Å²) in [5.41, 5.74) is 2.32. The Bertz CT molecular complexity index is 803. The van der Waals surface area contributed by atoms with Crippen LogP contribution in [0.5, 0.6) is 5.75 Å². The summed E-state index contributed by atoms with van der Waals surface area (Å²) >= 11 is 6.06. The first kappa shape index (κ1) is 17.8. The Morgan fingerprint density at radius 1 is 1.13 bits per heavy atom. The predicted octanol–water partition coefficient (Wildman–Crippen LogP) is 3.83. The van der Waals surface area contributed by atoms with Crippen molar-refractivity contribution >= 4 is 21.6 Å². The second kappa shape index (κ2) is 7.34. The summed E-state index contributed by atoms with van der Waals surface area (Å²) < 4.78 is 33.3. The summed E-state index contributed by atoms with van der Waals surface area (Å²) in [6.45, 7) is 6.15. The molecule has 6 heteroatoms. The second-order valence-corrected chi connectivity index (χ2v) is 7.37. The van der Waals surface area contributed by atoms with Crippen molar-refractivity contribution in [2.75, 3.05) is 6.61 Å². The van der Waals surface area contributed by atoms with E-state index in [2.05, 4.69) is 4.72 Å². The highest BCUT2D eigenvalue weighted by Gasteiger charge is 2.19. The maximum Gasteiger partial charge on any atom is 0.241 e. The number of ether oxygens (including phenoxy) is 1. The van der Waals surface area contributed by atoms with Gasteiger partial charge in [-0.25, -0.2) is 13.1 Å². The van der Waals surface area contributed by atoms with Gasteiger partial charge in [-0.3, -0.25) is 0 Å². The average Bonchev–Trinajstić information content (AvgIpc) is 2.49. The second-order valence-electron chi connectivity index (χ2n) is 5.23. The summed E-state index contributed by atoms with van der Waals surface area (Å²) in [4.78, 5) is 0.221. The van der Waals surface area contributed by atoms with E-state index in [4.69, 9.17) is 16.3 Å². The van der Waals surface area contributed by atoms with Crippen LogP contribution in [0.25, 0.3) is 0 Å². The molecule has 0 amide bonds. The van der Waals surface area contributed by atoms with E-state index in [0.29, 0.717) is 22.9 Å². The van der Waals surface area contributed by atoms with Gasteiger partial charge < -0.3 is 4.74 Å². The van der Waals surface area contributed by atoms with Crippen molar-refractivity contribution in [1.82, 2.24) is 4.72 Å². The predicted molar refractivity (Wildman–Crippen MR) is 92.6 cm³/mol. The lowest BCUT2D eigenvalue weighted by molar-refractivity contribution is 0.336. The van der Waals surface area contributed by atoms with Gasteiger partial charge in [-0.2, -0.15) is 0 Å². The Hall–Kier alpha value is -1.56. The van der Waals surface area contributed by atoms with Gasteiger partial charge >= 0.3 is 0 Å². The molecule has 0 heterocycles. The van der Waals surface area contributed by atoms with Crippen molar-refractivity contribution in [2.24, 2.45) is 0 Å². The van der Waals surface area contributed by atoms with Gasteiger partial charge in [-0.05, 0) is 43.5 Å². The number of hydrogen-bond donors (Lipinski definition) is 1. The van der Waals surface area contributed by atoms with Crippen LogP contribution in [0.1, 0.15) is 23.6 Å². The van der Waals surface area contributed by atoms with Gasteiger partial charge in [0.05, 0.1) is 11.5 Å². The van der Waals surface area contributed by atoms with Gasteiger partial charge in [0, 0.05) is 17.6 Å². The number of rotatable bonds is 6. The van der Waals surface area contributed by atoms with E-state index < -0.39 is 10.0 Å². The van der Waals surface area contributed by atoms with E-state index in [-0.39, 0.29) is 11.4 Å². The Morgan fingerprint density at radius 3 is 2.48 bits per heavy atom. The van der Waals surface area contributed by atoms with Crippen molar-refractivity contribution in [3.8, 4) is 5.75 Å². The normalized spacial score (nSPS) is 11.5. The molecule has 0 saturated carbocycles. The fraction of sp³-hybridized carbons (Fsp3) is 0.294. The summed E-state index contributed by atoms with van der Waals surface area (Å²) in [5.74, 6) is 0.580. The van der Waals surface area contributed by atoms with Crippen LogP contribution >= 0.6 is 11.6 Å².